The highest BCUT2D eigenvalue weighted by Gasteiger charge is 2.16. The van der Waals surface area contributed by atoms with Crippen LogP contribution in [0.15, 0.2) is 45.7 Å². The Bertz CT molecular complexity index is 900. The predicted octanol–water partition coefficient (Wildman–Crippen LogP) is 2.84. The molecule has 112 valence electrons. The van der Waals surface area contributed by atoms with Crippen molar-refractivity contribution in [2.45, 2.75) is 5.16 Å². The number of nitrogens with zero attached hydrogens (tertiary/aromatic N) is 2. The summed E-state index contributed by atoms with van der Waals surface area (Å²) in [6.07, 6.45) is 0. The summed E-state index contributed by atoms with van der Waals surface area (Å²) in [5, 5.41) is 11.7. The van der Waals surface area contributed by atoms with E-state index in [4.69, 9.17) is 5.11 Å². The van der Waals surface area contributed by atoms with Gasteiger partial charge in [0.25, 0.3) is 5.56 Å². The Labute approximate surface area is 134 Å². The lowest BCUT2D eigenvalue weighted by Gasteiger charge is -2.06. The fourth-order valence-corrected chi connectivity index (χ4v) is 3.82. The van der Waals surface area contributed by atoms with Crippen LogP contribution in [0.2, 0.25) is 0 Å². The van der Waals surface area contributed by atoms with Crippen molar-refractivity contribution in [1.29, 1.82) is 0 Å². The summed E-state index contributed by atoms with van der Waals surface area (Å²) in [4.78, 5) is 28.4. The van der Waals surface area contributed by atoms with Gasteiger partial charge in [-0.15, -0.1) is 11.3 Å². The van der Waals surface area contributed by atoms with E-state index in [0.717, 1.165) is 22.9 Å². The molecule has 1 N–H and O–H groups in total. The number of carbonyl (C=O) groups is 1. The number of thioether (sulfide) groups is 1. The zero-order chi connectivity index (χ0) is 15.7. The molecule has 7 heteroatoms. The molecule has 0 saturated carbocycles. The summed E-state index contributed by atoms with van der Waals surface area (Å²) in [6, 6.07) is 9.68. The van der Waals surface area contributed by atoms with Crippen molar-refractivity contribution in [3.63, 3.8) is 0 Å². The third-order valence-corrected chi connectivity index (χ3v) is 5.07. The molecule has 0 aliphatic rings. The van der Waals surface area contributed by atoms with Crippen LogP contribution in [0.4, 0.5) is 0 Å². The lowest BCUT2D eigenvalue weighted by Crippen LogP contribution is -2.20. The summed E-state index contributed by atoms with van der Waals surface area (Å²) < 4.78 is 1.41. The predicted molar refractivity (Wildman–Crippen MR) is 88.7 cm³/mol. The lowest BCUT2D eigenvalue weighted by atomic mass is 10.1. The second kappa shape index (κ2) is 5.94. The van der Waals surface area contributed by atoms with E-state index in [2.05, 4.69) is 4.98 Å². The normalized spacial score (nSPS) is 11.0. The van der Waals surface area contributed by atoms with Crippen molar-refractivity contribution in [2.24, 2.45) is 7.05 Å². The van der Waals surface area contributed by atoms with Gasteiger partial charge in [-0.1, -0.05) is 42.1 Å². The number of aliphatic carboxylic acids is 1. The Morgan fingerprint density at radius 3 is 2.77 bits per heavy atom. The second-order valence-corrected chi connectivity index (χ2v) is 6.44. The summed E-state index contributed by atoms with van der Waals surface area (Å²) in [5.41, 5.74) is 1.68. The molecule has 0 atom stereocenters. The number of carboxylic acids is 1. The van der Waals surface area contributed by atoms with Crippen molar-refractivity contribution >= 4 is 39.3 Å². The van der Waals surface area contributed by atoms with E-state index >= 15 is 0 Å². The van der Waals surface area contributed by atoms with Gasteiger partial charge < -0.3 is 5.11 Å². The van der Waals surface area contributed by atoms with Gasteiger partial charge in [-0.25, -0.2) is 4.98 Å². The van der Waals surface area contributed by atoms with Crippen molar-refractivity contribution in [3.05, 3.63) is 46.1 Å². The van der Waals surface area contributed by atoms with Gasteiger partial charge in [0.2, 0.25) is 0 Å². The third-order valence-electron chi connectivity index (χ3n) is 3.18. The van der Waals surface area contributed by atoms with E-state index in [1.54, 1.807) is 7.05 Å². The molecule has 5 nitrogen and oxygen atoms in total. The number of rotatable bonds is 4. The number of fused-ring (bicyclic) bond motifs is 1. The van der Waals surface area contributed by atoms with Gasteiger partial charge in [-0.2, -0.15) is 0 Å². The first kappa shape index (κ1) is 14.8. The average Bonchev–Trinajstić information content (AvgIpc) is 2.94. The zero-order valence-electron chi connectivity index (χ0n) is 11.6. The van der Waals surface area contributed by atoms with Gasteiger partial charge in [-0.05, 0) is 5.56 Å². The molecular weight excluding hydrogens is 320 g/mol. The fourth-order valence-electron chi connectivity index (χ4n) is 2.14. The molecule has 0 unspecified atom stereocenters. The Balaban J connectivity index is 2.15. The summed E-state index contributed by atoms with van der Waals surface area (Å²) >= 11 is 2.44. The van der Waals surface area contributed by atoms with Crippen LogP contribution in [0, 0.1) is 0 Å². The minimum atomic E-state index is -0.935. The Morgan fingerprint density at radius 1 is 1.36 bits per heavy atom. The monoisotopic (exact) mass is 332 g/mol. The quantitative estimate of drug-likeness (QED) is 0.587. The topological polar surface area (TPSA) is 72.2 Å². The Morgan fingerprint density at radius 2 is 2.09 bits per heavy atom. The number of hydrogen-bond donors (Lipinski definition) is 1. The molecule has 2 aromatic heterocycles. The van der Waals surface area contributed by atoms with E-state index in [0.29, 0.717) is 15.4 Å². The molecule has 0 spiro atoms. The van der Waals surface area contributed by atoms with Crippen LogP contribution in [0.25, 0.3) is 21.3 Å². The number of carboxylic acid groups (broad SMARTS) is 1. The molecule has 0 fully saturated rings. The van der Waals surface area contributed by atoms with E-state index in [1.165, 1.54) is 15.9 Å². The van der Waals surface area contributed by atoms with Gasteiger partial charge in [0, 0.05) is 18.0 Å². The molecule has 0 bridgehead atoms. The first-order valence-electron chi connectivity index (χ1n) is 6.46. The van der Waals surface area contributed by atoms with Crippen LogP contribution in [-0.4, -0.2) is 26.4 Å². The van der Waals surface area contributed by atoms with Crippen molar-refractivity contribution in [3.8, 4) is 11.1 Å². The molecule has 0 aliphatic heterocycles. The van der Waals surface area contributed by atoms with Crippen LogP contribution in [0.5, 0.6) is 0 Å². The van der Waals surface area contributed by atoms with Gasteiger partial charge in [-0.3, -0.25) is 14.2 Å². The number of hydrogen-bond acceptors (Lipinski definition) is 5. The number of aromatic nitrogens is 2. The van der Waals surface area contributed by atoms with Crippen molar-refractivity contribution < 1.29 is 9.90 Å². The summed E-state index contributed by atoms with van der Waals surface area (Å²) in [7, 11) is 1.62. The molecule has 0 saturated heterocycles. The molecular formula is C15H12N2O3S2. The lowest BCUT2D eigenvalue weighted by molar-refractivity contribution is -0.133. The van der Waals surface area contributed by atoms with E-state index in [9.17, 15) is 9.59 Å². The molecule has 3 rings (SSSR count). The fraction of sp³-hybridized carbons (Fsp3) is 0.133. The minimum absolute atomic E-state index is 0.122. The maximum atomic E-state index is 12.6. The van der Waals surface area contributed by atoms with Crippen LogP contribution in [-0.2, 0) is 11.8 Å². The van der Waals surface area contributed by atoms with Crippen LogP contribution in [0.1, 0.15) is 0 Å². The zero-order valence-corrected chi connectivity index (χ0v) is 13.3. The molecule has 1 aromatic carbocycles. The minimum Gasteiger partial charge on any atom is -0.481 e. The largest absolute Gasteiger partial charge is 0.481 e. The average molecular weight is 332 g/mol. The smallest absolute Gasteiger partial charge is 0.313 e. The first-order valence-corrected chi connectivity index (χ1v) is 8.32. The van der Waals surface area contributed by atoms with Crippen molar-refractivity contribution in [2.75, 3.05) is 5.75 Å². The van der Waals surface area contributed by atoms with E-state index in [-0.39, 0.29) is 11.3 Å². The number of thiophene rings is 1. The van der Waals surface area contributed by atoms with Gasteiger partial charge >= 0.3 is 5.97 Å². The highest BCUT2D eigenvalue weighted by molar-refractivity contribution is 7.99. The molecule has 3 aromatic rings. The summed E-state index contributed by atoms with van der Waals surface area (Å²) in [5.74, 6) is -1.06. The Hall–Kier alpha value is -2.12. The molecule has 0 radical (unpaired) electrons. The van der Waals surface area contributed by atoms with Crippen molar-refractivity contribution in [1.82, 2.24) is 9.55 Å². The Kier molecular flexibility index (Phi) is 4.00. The SMILES string of the molecule is Cn1c(SCC(=O)O)nc2scc(-c3ccccc3)c2c1=O. The van der Waals surface area contributed by atoms with Crippen LogP contribution < -0.4 is 5.56 Å². The van der Waals surface area contributed by atoms with Crippen LogP contribution in [0.3, 0.4) is 0 Å². The highest BCUT2D eigenvalue weighted by atomic mass is 32.2. The third kappa shape index (κ3) is 2.65. The standard InChI is InChI=1S/C15H12N2O3S2/c1-17-14(20)12-10(9-5-3-2-4-6-9)7-21-13(12)16-15(17)22-8-11(18)19/h2-7H,8H2,1H3,(H,18,19). The molecule has 2 heterocycles. The van der Waals surface area contributed by atoms with Gasteiger partial charge in [0.05, 0.1) is 11.1 Å². The molecule has 0 aliphatic carbocycles. The van der Waals surface area contributed by atoms with Gasteiger partial charge in [0.15, 0.2) is 5.16 Å². The maximum Gasteiger partial charge on any atom is 0.313 e. The van der Waals surface area contributed by atoms with E-state index in [1.807, 2.05) is 35.7 Å². The summed E-state index contributed by atoms with van der Waals surface area (Å²) in [6.45, 7) is 0. The first-order chi connectivity index (χ1) is 10.6. The molecule has 22 heavy (non-hydrogen) atoms. The van der Waals surface area contributed by atoms with Gasteiger partial charge in [0.1, 0.15) is 4.83 Å². The molecule has 0 amide bonds. The highest BCUT2D eigenvalue weighted by Crippen LogP contribution is 2.31. The van der Waals surface area contributed by atoms with E-state index < -0.39 is 5.97 Å². The second-order valence-electron chi connectivity index (χ2n) is 4.64. The maximum absolute atomic E-state index is 12.6. The number of benzene rings is 1. The van der Waals surface area contributed by atoms with Crippen LogP contribution >= 0.6 is 23.1 Å².